The molecule has 2 aromatic carbocycles. The zero-order valence-electron chi connectivity index (χ0n) is 13.4. The summed E-state index contributed by atoms with van der Waals surface area (Å²) in [5.41, 5.74) is 1.92. The fourth-order valence-corrected chi connectivity index (χ4v) is 3.01. The van der Waals surface area contributed by atoms with Gasteiger partial charge in [0.15, 0.2) is 0 Å². The van der Waals surface area contributed by atoms with Crippen molar-refractivity contribution in [2.75, 3.05) is 7.05 Å². The molecule has 0 amide bonds. The lowest BCUT2D eigenvalue weighted by atomic mass is 10.1. The number of benzene rings is 2. The van der Waals surface area contributed by atoms with Crippen LogP contribution in [0.3, 0.4) is 0 Å². The second kappa shape index (κ2) is 7.34. The van der Waals surface area contributed by atoms with Crippen LogP contribution in [0.5, 0.6) is 0 Å². The van der Waals surface area contributed by atoms with Crippen molar-refractivity contribution in [1.82, 2.24) is 15.1 Å². The van der Waals surface area contributed by atoms with E-state index >= 15 is 0 Å². The predicted molar refractivity (Wildman–Crippen MR) is 96.1 cm³/mol. The number of aromatic nitrogens is 2. The molecule has 6 heteroatoms. The van der Waals surface area contributed by atoms with E-state index in [0.717, 1.165) is 11.1 Å². The van der Waals surface area contributed by atoms with Crippen LogP contribution in [0, 0.1) is 0 Å². The van der Waals surface area contributed by atoms with Gasteiger partial charge in [-0.3, -0.25) is 4.90 Å². The molecule has 0 aliphatic carbocycles. The standard InChI is InChI=1S/C18H17Cl2N3O/c1-12(15-9-8-14(19)10-16(15)20)23(2)11-17-21-22-18(24-17)13-6-4-3-5-7-13/h3-10,12H,11H2,1-2H3. The van der Waals surface area contributed by atoms with E-state index in [9.17, 15) is 0 Å². The van der Waals surface area contributed by atoms with E-state index < -0.39 is 0 Å². The Morgan fingerprint density at radius 3 is 2.54 bits per heavy atom. The minimum Gasteiger partial charge on any atom is -0.419 e. The Kier molecular flexibility index (Phi) is 5.19. The SMILES string of the molecule is CC(c1ccc(Cl)cc1Cl)N(C)Cc1nnc(-c2ccccc2)o1. The first-order valence-electron chi connectivity index (χ1n) is 7.57. The van der Waals surface area contributed by atoms with Crippen LogP contribution in [0.4, 0.5) is 0 Å². The summed E-state index contributed by atoms with van der Waals surface area (Å²) in [6.07, 6.45) is 0. The van der Waals surface area contributed by atoms with Crippen molar-refractivity contribution in [3.8, 4) is 11.5 Å². The molecule has 0 aliphatic heterocycles. The number of nitrogens with zero attached hydrogens (tertiary/aromatic N) is 3. The van der Waals surface area contributed by atoms with Crippen molar-refractivity contribution >= 4 is 23.2 Å². The van der Waals surface area contributed by atoms with E-state index in [0.29, 0.717) is 28.4 Å². The maximum absolute atomic E-state index is 6.29. The molecule has 1 aromatic heterocycles. The maximum atomic E-state index is 6.29. The van der Waals surface area contributed by atoms with Crippen molar-refractivity contribution in [3.63, 3.8) is 0 Å². The van der Waals surface area contributed by atoms with E-state index in [-0.39, 0.29) is 6.04 Å². The summed E-state index contributed by atoms with van der Waals surface area (Å²) in [5, 5.41) is 9.52. The van der Waals surface area contributed by atoms with Crippen LogP contribution in [-0.2, 0) is 6.54 Å². The number of hydrogen-bond acceptors (Lipinski definition) is 4. The fourth-order valence-electron chi connectivity index (χ4n) is 2.44. The monoisotopic (exact) mass is 361 g/mol. The lowest BCUT2D eigenvalue weighted by Crippen LogP contribution is -2.22. The lowest BCUT2D eigenvalue weighted by Gasteiger charge is -2.24. The third kappa shape index (κ3) is 3.78. The highest BCUT2D eigenvalue weighted by atomic mass is 35.5. The number of rotatable bonds is 5. The van der Waals surface area contributed by atoms with Crippen molar-refractivity contribution in [1.29, 1.82) is 0 Å². The summed E-state index contributed by atoms with van der Waals surface area (Å²) in [4.78, 5) is 2.09. The van der Waals surface area contributed by atoms with E-state index in [1.165, 1.54) is 0 Å². The number of halogens is 2. The van der Waals surface area contributed by atoms with Gasteiger partial charge >= 0.3 is 0 Å². The maximum Gasteiger partial charge on any atom is 0.247 e. The molecule has 0 radical (unpaired) electrons. The van der Waals surface area contributed by atoms with E-state index in [1.54, 1.807) is 6.07 Å². The van der Waals surface area contributed by atoms with Crippen molar-refractivity contribution in [2.24, 2.45) is 0 Å². The molecule has 0 saturated carbocycles. The minimum absolute atomic E-state index is 0.0850. The van der Waals surface area contributed by atoms with Crippen LogP contribution in [0.2, 0.25) is 10.0 Å². The molecule has 4 nitrogen and oxygen atoms in total. The summed E-state index contributed by atoms with van der Waals surface area (Å²) in [6, 6.07) is 15.3. The van der Waals surface area contributed by atoms with Crippen molar-refractivity contribution < 1.29 is 4.42 Å². The topological polar surface area (TPSA) is 42.2 Å². The fraction of sp³-hybridized carbons (Fsp3) is 0.222. The van der Waals surface area contributed by atoms with E-state index in [4.69, 9.17) is 27.6 Å². The van der Waals surface area contributed by atoms with Crippen LogP contribution < -0.4 is 0 Å². The summed E-state index contributed by atoms with van der Waals surface area (Å²) in [5.74, 6) is 1.09. The molecule has 0 aliphatic rings. The molecule has 3 aromatic rings. The van der Waals surface area contributed by atoms with Gasteiger partial charge < -0.3 is 4.42 Å². The van der Waals surface area contributed by atoms with Gasteiger partial charge in [0.05, 0.1) is 6.54 Å². The van der Waals surface area contributed by atoms with Crippen LogP contribution >= 0.6 is 23.2 Å². The Bertz CT molecular complexity index is 820. The molecule has 0 saturated heterocycles. The first-order chi connectivity index (χ1) is 11.5. The quantitative estimate of drug-likeness (QED) is 0.623. The summed E-state index contributed by atoms with van der Waals surface area (Å²) in [6.45, 7) is 2.60. The van der Waals surface area contributed by atoms with Crippen LogP contribution in [0.15, 0.2) is 52.9 Å². The first-order valence-corrected chi connectivity index (χ1v) is 8.33. The zero-order valence-corrected chi connectivity index (χ0v) is 14.9. The highest BCUT2D eigenvalue weighted by molar-refractivity contribution is 6.35. The largest absolute Gasteiger partial charge is 0.419 e. The smallest absolute Gasteiger partial charge is 0.247 e. The summed E-state index contributed by atoms with van der Waals surface area (Å²) >= 11 is 12.3. The Labute approximate surface area is 151 Å². The molecule has 24 heavy (non-hydrogen) atoms. The lowest BCUT2D eigenvalue weighted by molar-refractivity contribution is 0.228. The van der Waals surface area contributed by atoms with E-state index in [2.05, 4.69) is 22.0 Å². The average Bonchev–Trinajstić information content (AvgIpc) is 3.03. The Morgan fingerprint density at radius 1 is 1.08 bits per heavy atom. The second-order valence-electron chi connectivity index (χ2n) is 5.62. The van der Waals surface area contributed by atoms with Gasteiger partial charge in [-0.2, -0.15) is 0 Å². The molecule has 1 heterocycles. The van der Waals surface area contributed by atoms with Gasteiger partial charge in [-0.05, 0) is 43.8 Å². The molecule has 0 fully saturated rings. The molecule has 1 atom stereocenters. The average molecular weight is 362 g/mol. The minimum atomic E-state index is 0.0850. The second-order valence-corrected chi connectivity index (χ2v) is 6.47. The number of hydrogen-bond donors (Lipinski definition) is 0. The van der Waals surface area contributed by atoms with Gasteiger partial charge in [-0.1, -0.05) is 47.5 Å². The van der Waals surface area contributed by atoms with Crippen molar-refractivity contribution in [3.05, 3.63) is 70.0 Å². The third-order valence-electron chi connectivity index (χ3n) is 3.95. The Hall–Kier alpha value is -1.88. The first kappa shape index (κ1) is 17.0. The highest BCUT2D eigenvalue weighted by Gasteiger charge is 2.18. The molecular formula is C18H17Cl2N3O. The van der Waals surface area contributed by atoms with Crippen molar-refractivity contribution in [2.45, 2.75) is 19.5 Å². The zero-order chi connectivity index (χ0) is 17.1. The molecule has 3 rings (SSSR count). The summed E-state index contributed by atoms with van der Waals surface area (Å²) < 4.78 is 5.76. The van der Waals surface area contributed by atoms with Gasteiger partial charge in [0, 0.05) is 21.7 Å². The van der Waals surface area contributed by atoms with Gasteiger partial charge in [0.1, 0.15) is 0 Å². The van der Waals surface area contributed by atoms with Crippen LogP contribution in [-0.4, -0.2) is 22.1 Å². The van der Waals surface area contributed by atoms with Gasteiger partial charge in [0.25, 0.3) is 0 Å². The highest BCUT2D eigenvalue weighted by Crippen LogP contribution is 2.30. The molecule has 124 valence electrons. The predicted octanol–water partition coefficient (Wildman–Crippen LogP) is 5.24. The van der Waals surface area contributed by atoms with Gasteiger partial charge in [-0.25, -0.2) is 0 Å². The van der Waals surface area contributed by atoms with Crippen LogP contribution in [0.25, 0.3) is 11.5 Å². The van der Waals surface area contributed by atoms with Gasteiger partial charge in [-0.15, -0.1) is 10.2 Å². The molecule has 1 unspecified atom stereocenters. The molecule has 0 N–H and O–H groups in total. The van der Waals surface area contributed by atoms with Gasteiger partial charge in [0.2, 0.25) is 11.8 Å². The molecular weight excluding hydrogens is 345 g/mol. The summed E-state index contributed by atoms with van der Waals surface area (Å²) in [7, 11) is 1.99. The third-order valence-corrected chi connectivity index (χ3v) is 4.51. The molecule has 0 spiro atoms. The Balaban J connectivity index is 1.73. The normalized spacial score (nSPS) is 12.5. The van der Waals surface area contributed by atoms with Crippen LogP contribution in [0.1, 0.15) is 24.4 Å². The Morgan fingerprint density at radius 2 is 1.83 bits per heavy atom. The van der Waals surface area contributed by atoms with E-state index in [1.807, 2.05) is 49.5 Å². The molecule has 0 bridgehead atoms.